The summed E-state index contributed by atoms with van der Waals surface area (Å²) in [7, 11) is 0. The van der Waals surface area contributed by atoms with Crippen molar-refractivity contribution in [1.82, 2.24) is 0 Å². The molecular weight excluding hydrogens is 331 g/mol. The lowest BCUT2D eigenvalue weighted by Gasteiger charge is -2.33. The number of nitrogens with zero attached hydrogens (tertiary/aromatic N) is 1. The van der Waals surface area contributed by atoms with Crippen LogP contribution in [0.15, 0.2) is 48.5 Å². The number of phenolic OH excluding ortho intramolecular Hbond substituents is 1. The molecule has 1 heterocycles. The summed E-state index contributed by atoms with van der Waals surface area (Å²) in [5, 5.41) is 9.34. The van der Waals surface area contributed by atoms with Crippen LogP contribution in [0.1, 0.15) is 18.4 Å². The SMILES string of the molecule is Oc1ccc(N2CCC(COc3cccc(C(F)(F)F)c3)CC2)cc1. The average Bonchev–Trinajstić information content (AvgIpc) is 2.61. The van der Waals surface area contributed by atoms with Crippen molar-refractivity contribution < 1.29 is 23.0 Å². The number of halogens is 3. The molecular formula is C19H20F3NO2. The van der Waals surface area contributed by atoms with E-state index >= 15 is 0 Å². The number of hydrogen-bond donors (Lipinski definition) is 1. The minimum Gasteiger partial charge on any atom is -0.508 e. The summed E-state index contributed by atoms with van der Waals surface area (Å²) in [5.41, 5.74) is 0.377. The van der Waals surface area contributed by atoms with Crippen LogP contribution in [0.5, 0.6) is 11.5 Å². The molecule has 0 atom stereocenters. The first-order chi connectivity index (χ1) is 11.9. The van der Waals surface area contributed by atoms with Gasteiger partial charge in [0.25, 0.3) is 0 Å². The van der Waals surface area contributed by atoms with Crippen molar-refractivity contribution in [3.63, 3.8) is 0 Å². The molecule has 1 fully saturated rings. The second-order valence-electron chi connectivity index (χ2n) is 6.28. The fourth-order valence-electron chi connectivity index (χ4n) is 3.00. The Morgan fingerprint density at radius 3 is 2.36 bits per heavy atom. The number of phenols is 1. The Labute approximate surface area is 144 Å². The summed E-state index contributed by atoms with van der Waals surface area (Å²) in [4.78, 5) is 2.24. The van der Waals surface area contributed by atoms with Crippen LogP contribution in [0.4, 0.5) is 18.9 Å². The van der Waals surface area contributed by atoms with Gasteiger partial charge in [0.1, 0.15) is 11.5 Å². The highest BCUT2D eigenvalue weighted by atomic mass is 19.4. The maximum atomic E-state index is 12.7. The van der Waals surface area contributed by atoms with Gasteiger partial charge in [0.2, 0.25) is 0 Å². The van der Waals surface area contributed by atoms with Gasteiger partial charge in [-0.2, -0.15) is 13.2 Å². The fourth-order valence-corrected chi connectivity index (χ4v) is 3.00. The Bertz CT molecular complexity index is 693. The molecule has 1 saturated heterocycles. The number of benzene rings is 2. The Hall–Kier alpha value is -2.37. The zero-order valence-corrected chi connectivity index (χ0v) is 13.7. The third-order valence-electron chi connectivity index (χ3n) is 4.48. The molecule has 1 N–H and O–H groups in total. The number of aromatic hydroxyl groups is 1. The van der Waals surface area contributed by atoms with Crippen molar-refractivity contribution in [3.05, 3.63) is 54.1 Å². The van der Waals surface area contributed by atoms with Crippen molar-refractivity contribution in [1.29, 1.82) is 0 Å². The van der Waals surface area contributed by atoms with Gasteiger partial charge in [0, 0.05) is 18.8 Å². The van der Waals surface area contributed by atoms with E-state index in [-0.39, 0.29) is 11.5 Å². The fraction of sp³-hybridized carbons (Fsp3) is 0.368. The molecule has 3 nitrogen and oxygen atoms in total. The maximum absolute atomic E-state index is 12.7. The zero-order valence-electron chi connectivity index (χ0n) is 13.7. The van der Waals surface area contributed by atoms with Crippen LogP contribution < -0.4 is 9.64 Å². The molecule has 0 amide bonds. The van der Waals surface area contributed by atoms with E-state index in [0.29, 0.717) is 12.5 Å². The molecule has 2 aromatic rings. The molecule has 25 heavy (non-hydrogen) atoms. The number of alkyl halides is 3. The third kappa shape index (κ3) is 4.59. The number of hydrogen-bond acceptors (Lipinski definition) is 3. The first-order valence-corrected chi connectivity index (χ1v) is 8.26. The van der Waals surface area contributed by atoms with Crippen LogP contribution in [0.3, 0.4) is 0 Å². The molecule has 0 unspecified atom stereocenters. The Kier molecular flexibility index (Phi) is 5.06. The topological polar surface area (TPSA) is 32.7 Å². The predicted octanol–water partition coefficient (Wildman–Crippen LogP) is 4.71. The van der Waals surface area contributed by atoms with Gasteiger partial charge in [-0.15, -0.1) is 0 Å². The second kappa shape index (κ2) is 7.25. The predicted molar refractivity (Wildman–Crippen MR) is 90.0 cm³/mol. The summed E-state index contributed by atoms with van der Waals surface area (Å²) in [5.74, 6) is 0.826. The van der Waals surface area contributed by atoms with Gasteiger partial charge in [-0.05, 0) is 61.2 Å². The van der Waals surface area contributed by atoms with Crippen molar-refractivity contribution >= 4 is 5.69 Å². The van der Waals surface area contributed by atoms with Gasteiger partial charge in [0.05, 0.1) is 12.2 Å². The number of piperidine rings is 1. The quantitative estimate of drug-likeness (QED) is 0.866. The maximum Gasteiger partial charge on any atom is 0.416 e. The zero-order chi connectivity index (χ0) is 17.9. The minimum atomic E-state index is -4.35. The highest BCUT2D eigenvalue weighted by molar-refractivity contribution is 5.49. The van der Waals surface area contributed by atoms with E-state index in [1.54, 1.807) is 18.2 Å². The molecule has 6 heteroatoms. The molecule has 0 aromatic heterocycles. The lowest BCUT2D eigenvalue weighted by atomic mass is 9.97. The molecule has 134 valence electrons. The van der Waals surface area contributed by atoms with Gasteiger partial charge >= 0.3 is 6.18 Å². The molecule has 0 bridgehead atoms. The molecule has 0 radical (unpaired) electrons. The van der Waals surface area contributed by atoms with Crippen LogP contribution in [0, 0.1) is 5.92 Å². The van der Waals surface area contributed by atoms with Crippen molar-refractivity contribution in [2.45, 2.75) is 19.0 Å². The summed E-state index contributed by atoms with van der Waals surface area (Å²) in [6, 6.07) is 12.1. The minimum absolute atomic E-state index is 0.244. The van der Waals surface area contributed by atoms with Gasteiger partial charge in [-0.1, -0.05) is 6.07 Å². The summed E-state index contributed by atoms with van der Waals surface area (Å²) in [6.45, 7) is 2.15. The van der Waals surface area contributed by atoms with Crippen molar-refractivity contribution in [2.24, 2.45) is 5.92 Å². The monoisotopic (exact) mass is 351 g/mol. The Balaban J connectivity index is 1.50. The summed E-state index contributed by atoms with van der Waals surface area (Å²) in [6.07, 6.45) is -2.52. The largest absolute Gasteiger partial charge is 0.508 e. The summed E-state index contributed by atoms with van der Waals surface area (Å²) < 4.78 is 43.7. The second-order valence-corrected chi connectivity index (χ2v) is 6.28. The molecule has 1 aliphatic heterocycles. The van der Waals surface area contributed by atoms with Crippen LogP contribution in [0.25, 0.3) is 0 Å². The Morgan fingerprint density at radius 1 is 1.04 bits per heavy atom. The summed E-state index contributed by atoms with van der Waals surface area (Å²) >= 11 is 0. The lowest BCUT2D eigenvalue weighted by Crippen LogP contribution is -2.35. The lowest BCUT2D eigenvalue weighted by molar-refractivity contribution is -0.137. The number of ether oxygens (including phenoxy) is 1. The Morgan fingerprint density at radius 2 is 1.72 bits per heavy atom. The highest BCUT2D eigenvalue weighted by Crippen LogP contribution is 2.32. The van der Waals surface area contributed by atoms with E-state index in [2.05, 4.69) is 4.90 Å². The number of rotatable bonds is 4. The molecule has 2 aromatic carbocycles. The third-order valence-corrected chi connectivity index (χ3v) is 4.48. The van der Waals surface area contributed by atoms with Crippen molar-refractivity contribution in [3.8, 4) is 11.5 Å². The number of anilines is 1. The van der Waals surface area contributed by atoms with E-state index < -0.39 is 11.7 Å². The normalized spacial score (nSPS) is 16.0. The van der Waals surface area contributed by atoms with E-state index in [0.717, 1.165) is 43.8 Å². The van der Waals surface area contributed by atoms with E-state index in [9.17, 15) is 18.3 Å². The van der Waals surface area contributed by atoms with E-state index in [4.69, 9.17) is 4.74 Å². The van der Waals surface area contributed by atoms with Crippen molar-refractivity contribution in [2.75, 3.05) is 24.6 Å². The van der Waals surface area contributed by atoms with Gasteiger partial charge < -0.3 is 14.7 Å². The smallest absolute Gasteiger partial charge is 0.416 e. The standard InChI is InChI=1S/C19H20F3NO2/c20-19(21,22)15-2-1-3-18(12-15)25-13-14-8-10-23(11-9-14)16-4-6-17(24)7-5-16/h1-7,12,14,24H,8-11,13H2. The first kappa shape index (κ1) is 17.5. The van der Waals surface area contributed by atoms with Gasteiger partial charge in [0.15, 0.2) is 0 Å². The van der Waals surface area contributed by atoms with Gasteiger partial charge in [-0.25, -0.2) is 0 Å². The van der Waals surface area contributed by atoms with Crippen LogP contribution in [-0.2, 0) is 6.18 Å². The van der Waals surface area contributed by atoms with Crippen LogP contribution >= 0.6 is 0 Å². The van der Waals surface area contributed by atoms with Crippen LogP contribution in [0.2, 0.25) is 0 Å². The first-order valence-electron chi connectivity index (χ1n) is 8.26. The molecule has 0 saturated carbocycles. The molecule has 0 spiro atoms. The van der Waals surface area contributed by atoms with E-state index in [1.165, 1.54) is 6.07 Å². The van der Waals surface area contributed by atoms with E-state index in [1.807, 2.05) is 12.1 Å². The highest BCUT2D eigenvalue weighted by Gasteiger charge is 2.30. The van der Waals surface area contributed by atoms with Crippen LogP contribution in [-0.4, -0.2) is 24.8 Å². The van der Waals surface area contributed by atoms with Gasteiger partial charge in [-0.3, -0.25) is 0 Å². The molecule has 1 aliphatic rings. The molecule has 0 aliphatic carbocycles. The molecule has 3 rings (SSSR count). The average molecular weight is 351 g/mol.